The van der Waals surface area contributed by atoms with E-state index in [9.17, 15) is 9.59 Å². The van der Waals surface area contributed by atoms with Crippen molar-refractivity contribution < 1.29 is 14.1 Å². The van der Waals surface area contributed by atoms with Gasteiger partial charge in [-0.1, -0.05) is 12.1 Å². The van der Waals surface area contributed by atoms with Crippen LogP contribution in [0.25, 0.3) is 0 Å². The summed E-state index contributed by atoms with van der Waals surface area (Å²) in [5.41, 5.74) is 4.50. The van der Waals surface area contributed by atoms with Gasteiger partial charge in [0.15, 0.2) is 5.69 Å². The van der Waals surface area contributed by atoms with Gasteiger partial charge in [-0.2, -0.15) is 0 Å². The first-order valence-corrected chi connectivity index (χ1v) is 3.73. The third kappa shape index (κ3) is 2.58. The Kier molecular flexibility index (Phi) is 3.02. The average molecular weight is 183 g/mol. The van der Waals surface area contributed by atoms with Gasteiger partial charge in [-0.25, -0.2) is 0 Å². The first-order valence-electron chi connectivity index (χ1n) is 3.73. The van der Waals surface area contributed by atoms with Crippen molar-refractivity contribution >= 4 is 11.8 Å². The fraction of sp³-hybridized carbons (Fsp3) is 0.286. The molecule has 0 aliphatic rings. The molecule has 0 saturated heterocycles. The first kappa shape index (κ1) is 9.24. The van der Waals surface area contributed by atoms with Crippen molar-refractivity contribution in [1.82, 2.24) is 16.0 Å². The van der Waals surface area contributed by atoms with Crippen molar-refractivity contribution in [3.8, 4) is 0 Å². The Labute approximate surface area is 74.2 Å². The molecule has 2 N–H and O–H groups in total. The highest BCUT2D eigenvalue weighted by atomic mass is 16.5. The van der Waals surface area contributed by atoms with Crippen LogP contribution in [0.3, 0.4) is 0 Å². The van der Waals surface area contributed by atoms with E-state index in [-0.39, 0.29) is 11.6 Å². The molecule has 0 aliphatic carbocycles. The standard InChI is InChI=1S/C7H9N3O3/c1-2-6(11)8-9-7(12)5-3-4-13-10-5/h3-4H,2H2,1H3,(H,8,11)(H,9,12). The quantitative estimate of drug-likeness (QED) is 0.624. The summed E-state index contributed by atoms with van der Waals surface area (Å²) >= 11 is 0. The molecular formula is C7H9N3O3. The zero-order valence-electron chi connectivity index (χ0n) is 7.03. The zero-order chi connectivity index (χ0) is 9.68. The van der Waals surface area contributed by atoms with Crippen LogP contribution >= 0.6 is 0 Å². The van der Waals surface area contributed by atoms with E-state index in [4.69, 9.17) is 0 Å². The van der Waals surface area contributed by atoms with Crippen molar-refractivity contribution in [3.63, 3.8) is 0 Å². The van der Waals surface area contributed by atoms with Crippen LogP contribution in [0.4, 0.5) is 0 Å². The zero-order valence-corrected chi connectivity index (χ0v) is 7.03. The normalized spacial score (nSPS) is 9.31. The van der Waals surface area contributed by atoms with Gasteiger partial charge >= 0.3 is 0 Å². The lowest BCUT2D eigenvalue weighted by molar-refractivity contribution is -0.121. The van der Waals surface area contributed by atoms with E-state index < -0.39 is 5.91 Å². The average Bonchev–Trinajstić information content (AvgIpc) is 2.66. The van der Waals surface area contributed by atoms with Gasteiger partial charge in [0.05, 0.1) is 0 Å². The van der Waals surface area contributed by atoms with E-state index in [1.807, 2.05) is 0 Å². The number of hydrogen-bond acceptors (Lipinski definition) is 4. The van der Waals surface area contributed by atoms with Crippen molar-refractivity contribution in [3.05, 3.63) is 18.0 Å². The van der Waals surface area contributed by atoms with Crippen molar-refractivity contribution in [2.24, 2.45) is 0 Å². The predicted molar refractivity (Wildman–Crippen MR) is 42.4 cm³/mol. The van der Waals surface area contributed by atoms with Crippen LogP contribution in [0.5, 0.6) is 0 Å². The molecule has 0 radical (unpaired) electrons. The Bertz CT molecular complexity index is 294. The van der Waals surface area contributed by atoms with E-state index in [0.29, 0.717) is 6.42 Å². The molecule has 1 aromatic rings. The van der Waals surface area contributed by atoms with Crippen LogP contribution in [-0.2, 0) is 4.79 Å². The molecule has 70 valence electrons. The molecule has 13 heavy (non-hydrogen) atoms. The van der Waals surface area contributed by atoms with Crippen LogP contribution in [-0.4, -0.2) is 17.0 Å². The number of hydrogen-bond donors (Lipinski definition) is 2. The van der Waals surface area contributed by atoms with Gasteiger partial charge in [-0.3, -0.25) is 20.4 Å². The summed E-state index contributed by atoms with van der Waals surface area (Å²) < 4.78 is 4.45. The maximum absolute atomic E-state index is 11.1. The molecule has 0 aromatic carbocycles. The Morgan fingerprint density at radius 3 is 2.85 bits per heavy atom. The van der Waals surface area contributed by atoms with E-state index in [1.165, 1.54) is 12.3 Å². The van der Waals surface area contributed by atoms with Crippen molar-refractivity contribution in [2.75, 3.05) is 0 Å². The number of aromatic nitrogens is 1. The number of nitrogens with one attached hydrogen (secondary N) is 2. The number of carbonyl (C=O) groups is 2. The minimum absolute atomic E-state index is 0.122. The Hall–Kier alpha value is -1.85. The first-order chi connectivity index (χ1) is 6.24. The maximum Gasteiger partial charge on any atom is 0.291 e. The number of amides is 2. The summed E-state index contributed by atoms with van der Waals surface area (Å²) in [5, 5.41) is 3.38. The number of carbonyl (C=O) groups excluding carboxylic acids is 2. The summed E-state index contributed by atoms with van der Waals surface area (Å²) in [6, 6.07) is 1.40. The van der Waals surface area contributed by atoms with Gasteiger partial charge in [-0.05, 0) is 0 Å². The fourth-order valence-corrected chi connectivity index (χ4v) is 0.609. The molecule has 0 saturated carbocycles. The maximum atomic E-state index is 11.1. The molecule has 0 spiro atoms. The number of rotatable bonds is 2. The van der Waals surface area contributed by atoms with Crippen molar-refractivity contribution in [2.45, 2.75) is 13.3 Å². The summed E-state index contributed by atoms with van der Waals surface area (Å²) in [6.07, 6.45) is 1.58. The van der Waals surface area contributed by atoms with E-state index in [1.54, 1.807) is 6.92 Å². The molecular weight excluding hydrogens is 174 g/mol. The fourth-order valence-electron chi connectivity index (χ4n) is 0.609. The molecule has 0 aliphatic heterocycles. The summed E-state index contributed by atoms with van der Waals surface area (Å²) in [7, 11) is 0. The van der Waals surface area contributed by atoms with Gasteiger partial charge in [0.25, 0.3) is 5.91 Å². The van der Waals surface area contributed by atoms with Gasteiger partial charge < -0.3 is 4.52 Å². The van der Waals surface area contributed by atoms with Crippen molar-refractivity contribution in [1.29, 1.82) is 0 Å². The Morgan fingerprint density at radius 2 is 2.31 bits per heavy atom. The molecule has 0 bridgehead atoms. The predicted octanol–water partition coefficient (Wildman–Crippen LogP) is -0.154. The summed E-state index contributed by atoms with van der Waals surface area (Å²) in [6.45, 7) is 1.68. The second-order valence-electron chi connectivity index (χ2n) is 2.24. The Morgan fingerprint density at radius 1 is 1.54 bits per heavy atom. The lowest BCUT2D eigenvalue weighted by Gasteiger charge is -2.02. The monoisotopic (exact) mass is 183 g/mol. The van der Waals surface area contributed by atoms with Crippen LogP contribution in [0.15, 0.2) is 16.9 Å². The summed E-state index contributed by atoms with van der Waals surface area (Å²) in [4.78, 5) is 21.8. The Balaban J connectivity index is 2.39. The molecule has 1 heterocycles. The molecule has 1 rings (SSSR count). The van der Waals surface area contributed by atoms with Gasteiger partial charge in [0.2, 0.25) is 5.91 Å². The highest BCUT2D eigenvalue weighted by molar-refractivity contribution is 5.93. The summed E-state index contributed by atoms with van der Waals surface area (Å²) in [5.74, 6) is -0.771. The van der Waals surface area contributed by atoms with Crippen LogP contribution in [0.2, 0.25) is 0 Å². The van der Waals surface area contributed by atoms with Gasteiger partial charge in [-0.15, -0.1) is 0 Å². The molecule has 0 unspecified atom stereocenters. The lowest BCUT2D eigenvalue weighted by Crippen LogP contribution is -2.41. The minimum Gasteiger partial charge on any atom is -0.364 e. The SMILES string of the molecule is CCC(=O)NNC(=O)c1ccon1. The highest BCUT2D eigenvalue weighted by Gasteiger charge is 2.08. The second kappa shape index (κ2) is 4.24. The topological polar surface area (TPSA) is 84.2 Å². The molecule has 2 amide bonds. The molecule has 6 heteroatoms. The molecule has 6 nitrogen and oxygen atoms in total. The molecule has 1 aromatic heterocycles. The van der Waals surface area contributed by atoms with E-state index >= 15 is 0 Å². The van der Waals surface area contributed by atoms with Crippen LogP contribution < -0.4 is 10.9 Å². The van der Waals surface area contributed by atoms with E-state index in [2.05, 4.69) is 20.5 Å². The minimum atomic E-state index is -0.504. The van der Waals surface area contributed by atoms with Gasteiger partial charge in [0.1, 0.15) is 6.26 Å². The largest absolute Gasteiger partial charge is 0.364 e. The third-order valence-corrected chi connectivity index (χ3v) is 1.31. The lowest BCUT2D eigenvalue weighted by atomic mass is 10.4. The van der Waals surface area contributed by atoms with Crippen LogP contribution in [0.1, 0.15) is 23.8 Å². The smallest absolute Gasteiger partial charge is 0.291 e. The van der Waals surface area contributed by atoms with Gasteiger partial charge in [0, 0.05) is 12.5 Å². The number of hydrazine groups is 1. The van der Waals surface area contributed by atoms with E-state index in [0.717, 1.165) is 0 Å². The molecule has 0 atom stereocenters. The highest BCUT2D eigenvalue weighted by Crippen LogP contribution is 1.92. The third-order valence-electron chi connectivity index (χ3n) is 1.31. The molecule has 0 fully saturated rings. The number of nitrogens with zero attached hydrogens (tertiary/aromatic N) is 1. The second-order valence-corrected chi connectivity index (χ2v) is 2.24. The van der Waals surface area contributed by atoms with Crippen LogP contribution in [0, 0.1) is 0 Å².